The first kappa shape index (κ1) is 29.0. The van der Waals surface area contributed by atoms with E-state index in [-0.39, 0.29) is 12.2 Å². The number of carbonyl (C=O) groups is 1. The van der Waals surface area contributed by atoms with Gasteiger partial charge in [-0.2, -0.15) is 5.10 Å². The van der Waals surface area contributed by atoms with Crippen LogP contribution in [0.1, 0.15) is 59.7 Å². The molecule has 5 aromatic rings. The van der Waals surface area contributed by atoms with E-state index in [4.69, 9.17) is 9.84 Å². The van der Waals surface area contributed by atoms with Crippen molar-refractivity contribution in [2.45, 2.75) is 52.6 Å². The van der Waals surface area contributed by atoms with Crippen LogP contribution in [0.15, 0.2) is 61.1 Å². The van der Waals surface area contributed by atoms with Gasteiger partial charge in [0.2, 0.25) is 0 Å². The quantitative estimate of drug-likeness (QED) is 0.216. The van der Waals surface area contributed by atoms with Crippen molar-refractivity contribution in [1.29, 1.82) is 0 Å². The number of nitrogens with zero attached hydrogens (tertiary/aromatic N) is 7. The second kappa shape index (κ2) is 12.3. The molecule has 0 unspecified atom stereocenters. The van der Waals surface area contributed by atoms with E-state index in [0.717, 1.165) is 59.8 Å². The molecule has 1 saturated heterocycles. The Balaban J connectivity index is 1.14. The number of aromatic nitrogens is 5. The molecule has 0 saturated carbocycles. The number of ether oxygens (including phenoxy) is 1. The normalized spacial score (nSPS) is 16.5. The van der Waals surface area contributed by atoms with Gasteiger partial charge in [0.1, 0.15) is 23.7 Å². The lowest BCUT2D eigenvalue weighted by Gasteiger charge is -2.37. The molecule has 1 atom stereocenters. The molecular weight excluding hydrogens is 538 g/mol. The molecule has 0 bridgehead atoms. The molecule has 0 spiro atoms. The molecule has 0 amide bonds. The van der Waals surface area contributed by atoms with Crippen molar-refractivity contribution in [3.05, 3.63) is 89.3 Å². The van der Waals surface area contributed by atoms with Gasteiger partial charge in [0, 0.05) is 62.5 Å². The highest BCUT2D eigenvalue weighted by atomic mass is 16.5. The Kier molecular flexibility index (Phi) is 8.27. The zero-order valence-corrected chi connectivity index (χ0v) is 25.8. The highest BCUT2D eigenvalue weighted by Gasteiger charge is 2.21. The topological polar surface area (TPSA) is 80.8 Å². The van der Waals surface area contributed by atoms with E-state index in [9.17, 15) is 4.79 Å². The van der Waals surface area contributed by atoms with Crippen LogP contribution in [0.3, 0.4) is 0 Å². The largest absolute Gasteiger partial charge is 0.492 e. The second-order valence-corrected chi connectivity index (χ2v) is 12.1. The first-order valence-corrected chi connectivity index (χ1v) is 15.2. The van der Waals surface area contributed by atoms with E-state index < -0.39 is 0 Å². The molecule has 0 aliphatic carbocycles. The van der Waals surface area contributed by atoms with Gasteiger partial charge in [0.25, 0.3) is 0 Å². The molecule has 43 heavy (non-hydrogen) atoms. The highest BCUT2D eigenvalue weighted by molar-refractivity contribution is 5.99. The lowest BCUT2D eigenvalue weighted by atomic mass is 10.0. The van der Waals surface area contributed by atoms with Crippen LogP contribution in [0.2, 0.25) is 0 Å². The van der Waals surface area contributed by atoms with E-state index in [1.807, 2.05) is 52.7 Å². The van der Waals surface area contributed by atoms with E-state index in [1.165, 1.54) is 5.56 Å². The number of aryl methyl sites for hydroxylation is 1. The molecular formula is C34H41N7O2. The van der Waals surface area contributed by atoms with Crippen LogP contribution >= 0.6 is 0 Å². The van der Waals surface area contributed by atoms with Gasteiger partial charge in [0.15, 0.2) is 5.78 Å². The van der Waals surface area contributed by atoms with Gasteiger partial charge in [-0.05, 0) is 56.1 Å². The van der Waals surface area contributed by atoms with Crippen molar-refractivity contribution in [2.75, 3.05) is 39.8 Å². The van der Waals surface area contributed by atoms with Crippen LogP contribution in [0.4, 0.5) is 0 Å². The maximum Gasteiger partial charge on any atom is 0.185 e. The maximum atomic E-state index is 13.6. The number of Topliss-reactive ketones (excluding diaryl/α,β-unsaturated/α-hetero) is 1. The first-order chi connectivity index (χ1) is 20.8. The summed E-state index contributed by atoms with van der Waals surface area (Å²) in [6, 6.07) is 14.7. The molecule has 0 radical (unpaired) electrons. The van der Waals surface area contributed by atoms with Crippen LogP contribution < -0.4 is 4.74 Å². The van der Waals surface area contributed by atoms with Crippen molar-refractivity contribution in [3.8, 4) is 5.75 Å². The molecule has 1 aliphatic heterocycles. The van der Waals surface area contributed by atoms with Gasteiger partial charge in [0.05, 0.1) is 29.6 Å². The Hall–Kier alpha value is -4.08. The van der Waals surface area contributed by atoms with Crippen molar-refractivity contribution >= 4 is 22.3 Å². The summed E-state index contributed by atoms with van der Waals surface area (Å²) in [5, 5.41) is 5.85. The number of benzene rings is 1. The van der Waals surface area contributed by atoms with E-state index >= 15 is 0 Å². The Morgan fingerprint density at radius 2 is 1.95 bits per heavy atom. The minimum Gasteiger partial charge on any atom is -0.492 e. The lowest BCUT2D eigenvalue weighted by Crippen LogP contribution is -2.50. The van der Waals surface area contributed by atoms with Crippen LogP contribution in [-0.2, 0) is 13.0 Å². The number of ketones is 1. The molecule has 4 aromatic heterocycles. The number of hydrogen-bond acceptors (Lipinski definition) is 7. The summed E-state index contributed by atoms with van der Waals surface area (Å²) in [4.78, 5) is 27.6. The molecule has 0 N–H and O–H groups in total. The molecule has 1 fully saturated rings. The molecule has 9 heteroatoms. The molecule has 9 nitrogen and oxygen atoms in total. The fourth-order valence-electron chi connectivity index (χ4n) is 5.94. The summed E-state index contributed by atoms with van der Waals surface area (Å²) in [7, 11) is 2.18. The van der Waals surface area contributed by atoms with E-state index in [1.54, 1.807) is 6.20 Å². The fourth-order valence-corrected chi connectivity index (χ4v) is 5.94. The predicted octanol–water partition coefficient (Wildman–Crippen LogP) is 5.00. The summed E-state index contributed by atoms with van der Waals surface area (Å²) < 4.78 is 9.89. The van der Waals surface area contributed by atoms with Gasteiger partial charge >= 0.3 is 0 Å². The number of carbonyl (C=O) groups excluding carboxylic acids is 1. The van der Waals surface area contributed by atoms with Crippen molar-refractivity contribution in [3.63, 3.8) is 0 Å². The summed E-state index contributed by atoms with van der Waals surface area (Å²) >= 11 is 0. The summed E-state index contributed by atoms with van der Waals surface area (Å²) in [5.41, 5.74) is 6.31. The van der Waals surface area contributed by atoms with E-state index in [2.05, 4.69) is 65.8 Å². The molecule has 1 aromatic carbocycles. The van der Waals surface area contributed by atoms with Crippen molar-refractivity contribution < 1.29 is 9.53 Å². The molecule has 5 heterocycles. The summed E-state index contributed by atoms with van der Waals surface area (Å²) in [6.07, 6.45) is 5.75. The standard InChI is InChI=1S/C34H41N7O2/c1-23(2)27-9-10-28(35-19-27)22-41-30-8-6-7-26(34(30)25(4)37-41)17-32(42)31-20-36-33-18-29(11-12-40(31)33)43-16-15-39-14-13-38(5)24(3)21-39/h6-12,18-20,23-24H,13-17,21-22H2,1-5H3/t24-/m0/s1. The Morgan fingerprint density at radius 1 is 1.09 bits per heavy atom. The number of pyridine rings is 2. The third kappa shape index (κ3) is 6.19. The maximum absolute atomic E-state index is 13.6. The van der Waals surface area contributed by atoms with Crippen LogP contribution in [-0.4, -0.2) is 85.6 Å². The Bertz CT molecular complexity index is 1740. The third-order valence-corrected chi connectivity index (χ3v) is 8.71. The van der Waals surface area contributed by atoms with Crippen LogP contribution in [0.25, 0.3) is 16.6 Å². The fraction of sp³-hybridized carbons (Fsp3) is 0.412. The van der Waals surface area contributed by atoms with Gasteiger partial charge in [-0.1, -0.05) is 32.0 Å². The average molecular weight is 580 g/mol. The van der Waals surface area contributed by atoms with Gasteiger partial charge in [-0.25, -0.2) is 4.98 Å². The summed E-state index contributed by atoms with van der Waals surface area (Å²) in [5.74, 6) is 1.22. The Labute approximate surface area is 253 Å². The second-order valence-electron chi connectivity index (χ2n) is 12.1. The zero-order valence-electron chi connectivity index (χ0n) is 25.8. The van der Waals surface area contributed by atoms with Crippen LogP contribution in [0.5, 0.6) is 5.75 Å². The molecule has 6 rings (SSSR count). The minimum atomic E-state index is 0.0101. The smallest absolute Gasteiger partial charge is 0.185 e. The van der Waals surface area contributed by atoms with Crippen molar-refractivity contribution in [1.82, 2.24) is 33.9 Å². The zero-order chi connectivity index (χ0) is 30.1. The summed E-state index contributed by atoms with van der Waals surface area (Å²) in [6.45, 7) is 13.9. The number of rotatable bonds is 10. The highest BCUT2D eigenvalue weighted by Crippen LogP contribution is 2.25. The number of piperazine rings is 1. The molecule has 1 aliphatic rings. The van der Waals surface area contributed by atoms with Crippen LogP contribution in [0, 0.1) is 6.92 Å². The number of likely N-dealkylation sites (N-methyl/N-ethyl adjacent to an activating group) is 1. The third-order valence-electron chi connectivity index (χ3n) is 8.71. The minimum absolute atomic E-state index is 0.0101. The number of imidazole rings is 1. The molecule has 224 valence electrons. The average Bonchev–Trinajstić information content (AvgIpc) is 3.56. The van der Waals surface area contributed by atoms with Gasteiger partial charge in [-0.3, -0.25) is 23.8 Å². The van der Waals surface area contributed by atoms with Gasteiger partial charge < -0.3 is 9.64 Å². The monoisotopic (exact) mass is 579 g/mol. The Morgan fingerprint density at radius 3 is 2.72 bits per heavy atom. The lowest BCUT2D eigenvalue weighted by molar-refractivity contribution is 0.0928. The number of hydrogen-bond donors (Lipinski definition) is 0. The number of fused-ring (bicyclic) bond motifs is 2. The van der Waals surface area contributed by atoms with Gasteiger partial charge in [-0.15, -0.1) is 0 Å². The predicted molar refractivity (Wildman–Crippen MR) is 169 cm³/mol. The van der Waals surface area contributed by atoms with Crippen molar-refractivity contribution in [2.24, 2.45) is 0 Å². The van der Waals surface area contributed by atoms with E-state index in [0.29, 0.717) is 36.5 Å². The SMILES string of the molecule is Cc1nn(Cc2ccc(C(C)C)cn2)c2cccc(CC(=O)c3cnc4cc(OCCN5CCN(C)[C@@H](C)C5)ccn34)c12. The first-order valence-electron chi connectivity index (χ1n) is 15.2.